The van der Waals surface area contributed by atoms with E-state index in [1.165, 1.54) is 9.13 Å². The molecule has 4 heteroatoms. The SMILES string of the molecule is CNCCn1ccnc1-c1ccccc1I. The van der Waals surface area contributed by atoms with Gasteiger partial charge < -0.3 is 9.88 Å². The van der Waals surface area contributed by atoms with Crippen LogP contribution in [0.2, 0.25) is 0 Å². The molecule has 0 radical (unpaired) electrons. The van der Waals surface area contributed by atoms with E-state index in [4.69, 9.17) is 0 Å². The minimum Gasteiger partial charge on any atom is -0.330 e. The summed E-state index contributed by atoms with van der Waals surface area (Å²) in [6, 6.07) is 8.31. The summed E-state index contributed by atoms with van der Waals surface area (Å²) in [5, 5.41) is 3.15. The molecule has 0 fully saturated rings. The third-order valence-corrected chi connectivity index (χ3v) is 3.37. The Hall–Kier alpha value is -0.880. The molecule has 0 aliphatic carbocycles. The van der Waals surface area contributed by atoms with E-state index >= 15 is 0 Å². The minimum absolute atomic E-state index is 0.941. The fourth-order valence-electron chi connectivity index (χ4n) is 1.61. The molecule has 0 saturated carbocycles. The molecule has 1 aromatic carbocycles. The molecular formula is C12H14IN3. The summed E-state index contributed by atoms with van der Waals surface area (Å²) in [7, 11) is 1.96. The number of hydrogen-bond acceptors (Lipinski definition) is 2. The van der Waals surface area contributed by atoms with Gasteiger partial charge in [-0.3, -0.25) is 0 Å². The van der Waals surface area contributed by atoms with Crippen LogP contribution in [0.5, 0.6) is 0 Å². The van der Waals surface area contributed by atoms with E-state index in [1.54, 1.807) is 0 Å². The number of likely N-dealkylation sites (N-methyl/N-ethyl adjacent to an activating group) is 1. The molecule has 0 amide bonds. The molecule has 0 saturated heterocycles. The number of halogens is 1. The second-order valence-corrected chi connectivity index (χ2v) is 4.69. The van der Waals surface area contributed by atoms with Gasteiger partial charge in [-0.2, -0.15) is 0 Å². The zero-order valence-corrected chi connectivity index (χ0v) is 11.3. The topological polar surface area (TPSA) is 29.9 Å². The number of aromatic nitrogens is 2. The van der Waals surface area contributed by atoms with E-state index in [0.717, 1.165) is 18.9 Å². The fourth-order valence-corrected chi connectivity index (χ4v) is 2.24. The Morgan fingerprint density at radius 3 is 2.94 bits per heavy atom. The molecular weight excluding hydrogens is 313 g/mol. The van der Waals surface area contributed by atoms with Crippen LogP contribution in [0.25, 0.3) is 11.4 Å². The Balaban J connectivity index is 2.33. The van der Waals surface area contributed by atoms with Crippen LogP contribution in [0, 0.1) is 3.57 Å². The van der Waals surface area contributed by atoms with Crippen LogP contribution in [0.15, 0.2) is 36.7 Å². The quantitative estimate of drug-likeness (QED) is 0.874. The molecule has 0 bridgehead atoms. The number of nitrogens with zero attached hydrogens (tertiary/aromatic N) is 2. The second kappa shape index (κ2) is 5.45. The number of hydrogen-bond donors (Lipinski definition) is 1. The minimum atomic E-state index is 0.941. The predicted molar refractivity (Wildman–Crippen MR) is 74.3 cm³/mol. The van der Waals surface area contributed by atoms with Crippen LogP contribution >= 0.6 is 22.6 Å². The smallest absolute Gasteiger partial charge is 0.140 e. The maximum Gasteiger partial charge on any atom is 0.140 e. The molecule has 2 rings (SSSR count). The third-order valence-electron chi connectivity index (χ3n) is 2.43. The van der Waals surface area contributed by atoms with E-state index in [1.807, 2.05) is 25.5 Å². The van der Waals surface area contributed by atoms with E-state index < -0.39 is 0 Å². The van der Waals surface area contributed by atoms with Crippen LogP contribution < -0.4 is 5.32 Å². The highest BCUT2D eigenvalue weighted by molar-refractivity contribution is 14.1. The summed E-state index contributed by atoms with van der Waals surface area (Å²) in [4.78, 5) is 4.43. The first-order valence-electron chi connectivity index (χ1n) is 5.23. The summed E-state index contributed by atoms with van der Waals surface area (Å²) >= 11 is 2.35. The average Bonchev–Trinajstić information content (AvgIpc) is 2.75. The Labute approximate surface area is 109 Å². The molecule has 3 nitrogen and oxygen atoms in total. The van der Waals surface area contributed by atoms with Gasteiger partial charge in [0.2, 0.25) is 0 Å². The Bertz CT molecular complexity index is 465. The van der Waals surface area contributed by atoms with Crippen LogP contribution in [0.4, 0.5) is 0 Å². The zero-order valence-electron chi connectivity index (χ0n) is 9.15. The van der Waals surface area contributed by atoms with Gasteiger partial charge in [0.25, 0.3) is 0 Å². The van der Waals surface area contributed by atoms with Crippen molar-refractivity contribution in [3.05, 3.63) is 40.2 Å². The lowest BCUT2D eigenvalue weighted by Gasteiger charge is -2.08. The lowest BCUT2D eigenvalue weighted by atomic mass is 10.2. The van der Waals surface area contributed by atoms with Crippen molar-refractivity contribution < 1.29 is 0 Å². The molecule has 1 N–H and O–H groups in total. The number of imidazole rings is 1. The van der Waals surface area contributed by atoms with Gasteiger partial charge in [0.1, 0.15) is 5.82 Å². The van der Waals surface area contributed by atoms with Crippen molar-refractivity contribution in [3.63, 3.8) is 0 Å². The monoisotopic (exact) mass is 327 g/mol. The zero-order chi connectivity index (χ0) is 11.4. The van der Waals surface area contributed by atoms with Gasteiger partial charge in [0.15, 0.2) is 0 Å². The highest BCUT2D eigenvalue weighted by Crippen LogP contribution is 2.23. The standard InChI is InChI=1S/C12H14IN3/c1-14-6-8-16-9-7-15-12(16)10-4-2-3-5-11(10)13/h2-5,7,9,14H,6,8H2,1H3. The van der Waals surface area contributed by atoms with Gasteiger partial charge in [-0.1, -0.05) is 18.2 Å². The molecule has 0 spiro atoms. The van der Waals surface area contributed by atoms with Gasteiger partial charge in [-0.05, 0) is 35.7 Å². The maximum absolute atomic E-state index is 4.43. The molecule has 84 valence electrons. The number of benzene rings is 1. The van der Waals surface area contributed by atoms with E-state index in [2.05, 4.69) is 55.7 Å². The maximum atomic E-state index is 4.43. The van der Waals surface area contributed by atoms with Crippen molar-refractivity contribution in [1.29, 1.82) is 0 Å². The second-order valence-electron chi connectivity index (χ2n) is 3.53. The lowest BCUT2D eigenvalue weighted by Crippen LogP contribution is -2.15. The third kappa shape index (κ3) is 2.44. The highest BCUT2D eigenvalue weighted by atomic mass is 127. The molecule has 0 atom stereocenters. The summed E-state index contributed by atoms with van der Waals surface area (Å²) < 4.78 is 3.41. The molecule has 2 aromatic rings. The highest BCUT2D eigenvalue weighted by Gasteiger charge is 2.07. The van der Waals surface area contributed by atoms with Crippen molar-refractivity contribution in [3.8, 4) is 11.4 Å². The van der Waals surface area contributed by atoms with Gasteiger partial charge in [0, 0.05) is 34.6 Å². The van der Waals surface area contributed by atoms with E-state index in [0.29, 0.717) is 0 Å². The summed E-state index contributed by atoms with van der Waals surface area (Å²) in [5.74, 6) is 1.04. The van der Waals surface area contributed by atoms with Crippen LogP contribution in [-0.4, -0.2) is 23.1 Å². The van der Waals surface area contributed by atoms with E-state index in [-0.39, 0.29) is 0 Å². The first-order valence-corrected chi connectivity index (χ1v) is 6.31. The van der Waals surface area contributed by atoms with Gasteiger partial charge in [0.05, 0.1) is 0 Å². The number of nitrogens with one attached hydrogen (secondary N) is 1. The average molecular weight is 327 g/mol. The predicted octanol–water partition coefficient (Wildman–Crippen LogP) is 2.37. The first-order chi connectivity index (χ1) is 7.83. The van der Waals surface area contributed by atoms with Crippen molar-refractivity contribution >= 4 is 22.6 Å². The molecule has 1 aromatic heterocycles. The molecule has 16 heavy (non-hydrogen) atoms. The van der Waals surface area contributed by atoms with Crippen LogP contribution in [-0.2, 0) is 6.54 Å². The Kier molecular flexibility index (Phi) is 3.95. The molecule has 0 aliphatic heterocycles. The number of rotatable bonds is 4. The normalized spacial score (nSPS) is 10.6. The van der Waals surface area contributed by atoms with Crippen LogP contribution in [0.3, 0.4) is 0 Å². The van der Waals surface area contributed by atoms with Gasteiger partial charge in [-0.25, -0.2) is 4.98 Å². The van der Waals surface area contributed by atoms with Crippen LogP contribution in [0.1, 0.15) is 0 Å². The summed E-state index contributed by atoms with van der Waals surface area (Å²) in [5.41, 5.74) is 1.20. The van der Waals surface area contributed by atoms with Crippen molar-refractivity contribution in [2.45, 2.75) is 6.54 Å². The van der Waals surface area contributed by atoms with Gasteiger partial charge in [-0.15, -0.1) is 0 Å². The van der Waals surface area contributed by atoms with Crippen molar-refractivity contribution in [2.24, 2.45) is 0 Å². The summed E-state index contributed by atoms with van der Waals surface area (Å²) in [6.45, 7) is 1.89. The van der Waals surface area contributed by atoms with E-state index in [9.17, 15) is 0 Å². The van der Waals surface area contributed by atoms with Crippen molar-refractivity contribution in [2.75, 3.05) is 13.6 Å². The molecule has 1 heterocycles. The fraction of sp³-hybridized carbons (Fsp3) is 0.250. The summed E-state index contributed by atoms with van der Waals surface area (Å²) in [6.07, 6.45) is 3.88. The lowest BCUT2D eigenvalue weighted by molar-refractivity contribution is 0.649. The van der Waals surface area contributed by atoms with Crippen molar-refractivity contribution in [1.82, 2.24) is 14.9 Å². The largest absolute Gasteiger partial charge is 0.330 e. The Morgan fingerprint density at radius 1 is 1.38 bits per heavy atom. The Morgan fingerprint density at radius 2 is 2.19 bits per heavy atom. The van der Waals surface area contributed by atoms with Gasteiger partial charge >= 0.3 is 0 Å². The first kappa shape index (κ1) is 11.6. The molecule has 0 aliphatic rings. The molecule has 0 unspecified atom stereocenters.